The third-order valence-corrected chi connectivity index (χ3v) is 5.79. The van der Waals surface area contributed by atoms with Crippen molar-refractivity contribution in [3.05, 3.63) is 54.1 Å². The molecule has 4 rings (SSSR count). The first-order valence-electron chi connectivity index (χ1n) is 9.87. The van der Waals surface area contributed by atoms with Gasteiger partial charge in [0.25, 0.3) is 0 Å². The van der Waals surface area contributed by atoms with Crippen LogP contribution in [0.25, 0.3) is 0 Å². The van der Waals surface area contributed by atoms with Gasteiger partial charge in [-0.3, -0.25) is 0 Å². The molecule has 2 fully saturated rings. The molecule has 1 aromatic carbocycles. The van der Waals surface area contributed by atoms with E-state index in [4.69, 9.17) is 0 Å². The number of nitrogens with one attached hydrogen (secondary N) is 1. The fourth-order valence-electron chi connectivity index (χ4n) is 4.05. The molecule has 5 nitrogen and oxygen atoms in total. The number of hydrogen-bond acceptors (Lipinski definition) is 2. The fraction of sp³-hybridized carbons (Fsp3) is 0.524. The first-order valence-corrected chi connectivity index (χ1v) is 9.87. The number of imidazole rings is 1. The predicted molar refractivity (Wildman–Crippen MR) is 102 cm³/mol. The Morgan fingerprint density at radius 2 is 2.00 bits per heavy atom. The van der Waals surface area contributed by atoms with Crippen LogP contribution in [0.1, 0.15) is 49.4 Å². The second-order valence-corrected chi connectivity index (χ2v) is 7.66. The molecule has 1 aromatic heterocycles. The molecule has 1 saturated carbocycles. The van der Waals surface area contributed by atoms with Crippen LogP contribution in [-0.2, 0) is 13.1 Å². The Bertz CT molecular complexity index is 723. The highest BCUT2D eigenvalue weighted by Crippen LogP contribution is 2.31. The smallest absolute Gasteiger partial charge is 0.317 e. The van der Waals surface area contributed by atoms with Crippen molar-refractivity contribution in [2.75, 3.05) is 13.1 Å². The number of carbonyl (C=O) groups excluding carboxylic acids is 1. The number of piperidine rings is 1. The van der Waals surface area contributed by atoms with Crippen molar-refractivity contribution in [2.45, 2.75) is 51.1 Å². The molecule has 1 saturated heterocycles. The van der Waals surface area contributed by atoms with Crippen molar-refractivity contribution in [3.63, 3.8) is 0 Å². The van der Waals surface area contributed by atoms with Crippen molar-refractivity contribution >= 4 is 6.03 Å². The summed E-state index contributed by atoms with van der Waals surface area (Å²) in [5, 5.41) is 3.06. The molecule has 1 aliphatic carbocycles. The molecule has 138 valence electrons. The Kier molecular flexibility index (Phi) is 5.23. The summed E-state index contributed by atoms with van der Waals surface area (Å²) in [7, 11) is 0. The van der Waals surface area contributed by atoms with E-state index in [9.17, 15) is 4.79 Å². The number of benzene rings is 1. The topological polar surface area (TPSA) is 50.2 Å². The van der Waals surface area contributed by atoms with Crippen LogP contribution in [0.2, 0.25) is 0 Å². The SMILES string of the molecule is O=C(NCc1ccccc1)N1CCC[C@@H](c2nccn2CC2CCC2)C1. The van der Waals surface area contributed by atoms with Gasteiger partial charge in [0.15, 0.2) is 0 Å². The van der Waals surface area contributed by atoms with Gasteiger partial charge in [-0.05, 0) is 37.2 Å². The van der Waals surface area contributed by atoms with E-state index >= 15 is 0 Å². The van der Waals surface area contributed by atoms with Crippen LogP contribution >= 0.6 is 0 Å². The Balaban J connectivity index is 1.35. The van der Waals surface area contributed by atoms with Gasteiger partial charge in [-0.15, -0.1) is 0 Å². The van der Waals surface area contributed by atoms with Crippen molar-refractivity contribution in [3.8, 4) is 0 Å². The molecule has 0 spiro atoms. The highest BCUT2D eigenvalue weighted by molar-refractivity contribution is 5.74. The predicted octanol–water partition coefficient (Wildman–Crippen LogP) is 3.77. The highest BCUT2D eigenvalue weighted by atomic mass is 16.2. The molecular weight excluding hydrogens is 324 g/mol. The lowest BCUT2D eigenvalue weighted by Gasteiger charge is -2.33. The van der Waals surface area contributed by atoms with Gasteiger partial charge < -0.3 is 14.8 Å². The number of rotatable bonds is 5. The molecule has 2 aliphatic rings. The van der Waals surface area contributed by atoms with Gasteiger partial charge in [0.1, 0.15) is 5.82 Å². The minimum absolute atomic E-state index is 0.0376. The maximum Gasteiger partial charge on any atom is 0.317 e. The molecule has 1 atom stereocenters. The van der Waals surface area contributed by atoms with E-state index in [1.807, 2.05) is 41.4 Å². The molecule has 2 aromatic rings. The second kappa shape index (κ2) is 7.94. The van der Waals surface area contributed by atoms with Gasteiger partial charge >= 0.3 is 6.03 Å². The summed E-state index contributed by atoms with van der Waals surface area (Å²) < 4.78 is 2.33. The lowest BCUT2D eigenvalue weighted by molar-refractivity contribution is 0.176. The first-order chi connectivity index (χ1) is 12.8. The molecule has 2 amide bonds. The van der Waals surface area contributed by atoms with Gasteiger partial charge in [-0.1, -0.05) is 36.8 Å². The fourth-order valence-corrected chi connectivity index (χ4v) is 4.05. The summed E-state index contributed by atoms with van der Waals surface area (Å²) in [5.41, 5.74) is 1.13. The van der Waals surface area contributed by atoms with E-state index < -0.39 is 0 Å². The molecule has 1 aliphatic heterocycles. The van der Waals surface area contributed by atoms with E-state index in [0.29, 0.717) is 12.5 Å². The molecule has 2 heterocycles. The van der Waals surface area contributed by atoms with Crippen LogP contribution in [0.3, 0.4) is 0 Å². The average molecular weight is 352 g/mol. The molecular formula is C21H28N4O. The van der Waals surface area contributed by atoms with E-state index in [1.165, 1.54) is 19.3 Å². The van der Waals surface area contributed by atoms with Gasteiger partial charge in [0, 0.05) is 44.5 Å². The maximum absolute atomic E-state index is 12.6. The Labute approximate surface area is 155 Å². The molecule has 0 bridgehead atoms. The van der Waals surface area contributed by atoms with Crippen molar-refractivity contribution in [1.82, 2.24) is 19.8 Å². The van der Waals surface area contributed by atoms with Crippen LogP contribution in [0.4, 0.5) is 4.79 Å². The van der Waals surface area contributed by atoms with Crippen LogP contribution < -0.4 is 5.32 Å². The van der Waals surface area contributed by atoms with Gasteiger partial charge in [0.05, 0.1) is 0 Å². The molecule has 5 heteroatoms. The minimum atomic E-state index is 0.0376. The van der Waals surface area contributed by atoms with Crippen molar-refractivity contribution in [2.24, 2.45) is 5.92 Å². The van der Waals surface area contributed by atoms with Crippen LogP contribution in [0.15, 0.2) is 42.7 Å². The highest BCUT2D eigenvalue weighted by Gasteiger charge is 2.28. The zero-order valence-corrected chi connectivity index (χ0v) is 15.3. The summed E-state index contributed by atoms with van der Waals surface area (Å²) in [6.07, 6.45) is 10.2. The second-order valence-electron chi connectivity index (χ2n) is 7.66. The summed E-state index contributed by atoms with van der Waals surface area (Å²) >= 11 is 0. The van der Waals surface area contributed by atoms with E-state index in [0.717, 1.165) is 49.8 Å². The number of likely N-dealkylation sites (tertiary alicyclic amines) is 1. The number of aromatic nitrogens is 2. The summed E-state index contributed by atoms with van der Waals surface area (Å²) in [6.45, 7) is 3.27. The molecule has 0 radical (unpaired) electrons. The summed E-state index contributed by atoms with van der Waals surface area (Å²) in [6, 6.07) is 10.1. The summed E-state index contributed by atoms with van der Waals surface area (Å²) in [5.74, 6) is 2.33. The largest absolute Gasteiger partial charge is 0.334 e. The van der Waals surface area contributed by atoms with E-state index in [1.54, 1.807) is 0 Å². The van der Waals surface area contributed by atoms with Crippen molar-refractivity contribution in [1.29, 1.82) is 0 Å². The lowest BCUT2D eigenvalue weighted by atomic mass is 9.85. The van der Waals surface area contributed by atoms with Crippen LogP contribution in [0, 0.1) is 5.92 Å². The molecule has 26 heavy (non-hydrogen) atoms. The Morgan fingerprint density at radius 3 is 2.77 bits per heavy atom. The quantitative estimate of drug-likeness (QED) is 0.890. The standard InChI is InChI=1S/C21H28N4O/c26-21(23-14-17-6-2-1-3-7-17)25-12-5-10-19(16-25)20-22-11-13-24(20)15-18-8-4-9-18/h1-3,6-7,11,13,18-19H,4-5,8-10,12,14-16H2,(H,23,26)/t19-/m1/s1. The number of carbonyl (C=O) groups is 1. The zero-order chi connectivity index (χ0) is 17.8. The molecule has 0 unspecified atom stereocenters. The minimum Gasteiger partial charge on any atom is -0.334 e. The average Bonchev–Trinajstić information content (AvgIpc) is 3.12. The Hall–Kier alpha value is -2.30. The maximum atomic E-state index is 12.6. The number of nitrogens with zero attached hydrogens (tertiary/aromatic N) is 3. The van der Waals surface area contributed by atoms with Gasteiger partial charge in [-0.25, -0.2) is 9.78 Å². The van der Waals surface area contributed by atoms with Crippen LogP contribution in [0.5, 0.6) is 0 Å². The van der Waals surface area contributed by atoms with Crippen molar-refractivity contribution < 1.29 is 4.79 Å². The first kappa shape index (κ1) is 17.1. The Morgan fingerprint density at radius 1 is 1.15 bits per heavy atom. The third-order valence-electron chi connectivity index (χ3n) is 5.79. The number of urea groups is 1. The number of hydrogen-bond donors (Lipinski definition) is 1. The van der Waals surface area contributed by atoms with E-state index in [2.05, 4.69) is 21.1 Å². The van der Waals surface area contributed by atoms with Crippen LogP contribution in [-0.4, -0.2) is 33.6 Å². The molecule has 1 N–H and O–H groups in total. The normalized spacial score (nSPS) is 20.6. The zero-order valence-electron chi connectivity index (χ0n) is 15.3. The van der Waals surface area contributed by atoms with Gasteiger partial charge in [-0.2, -0.15) is 0 Å². The summed E-state index contributed by atoms with van der Waals surface area (Å²) in [4.78, 5) is 19.2. The number of amides is 2. The monoisotopic (exact) mass is 352 g/mol. The van der Waals surface area contributed by atoms with E-state index in [-0.39, 0.29) is 6.03 Å². The third kappa shape index (κ3) is 3.92. The lowest BCUT2D eigenvalue weighted by Crippen LogP contribution is -2.45. The van der Waals surface area contributed by atoms with Gasteiger partial charge in [0.2, 0.25) is 0 Å².